The molecule has 1 aromatic carbocycles. The highest BCUT2D eigenvalue weighted by Crippen LogP contribution is 2.14. The number of nitrogens with two attached hydrogens (primary N) is 1. The third-order valence-corrected chi connectivity index (χ3v) is 2.01. The lowest BCUT2D eigenvalue weighted by Crippen LogP contribution is -2.18. The van der Waals surface area contributed by atoms with E-state index in [0.717, 1.165) is 17.5 Å². The van der Waals surface area contributed by atoms with Crippen LogP contribution in [0.5, 0.6) is 0 Å². The van der Waals surface area contributed by atoms with Crippen LogP contribution in [-0.2, 0) is 17.8 Å². The van der Waals surface area contributed by atoms with Gasteiger partial charge >= 0.3 is 0 Å². The quantitative estimate of drug-likeness (QED) is 0.799. The van der Waals surface area contributed by atoms with Crippen LogP contribution in [0, 0.1) is 5.82 Å². The Kier molecular flexibility index (Phi) is 4.04. The number of halogens is 1. The summed E-state index contributed by atoms with van der Waals surface area (Å²) in [6.07, 6.45) is 0.749. The Morgan fingerprint density at radius 1 is 1.43 bits per heavy atom. The second kappa shape index (κ2) is 5.08. The maximum Gasteiger partial charge on any atom is 0.123 e. The Balaban J connectivity index is 2.89. The third-order valence-electron chi connectivity index (χ3n) is 2.01. The molecule has 14 heavy (non-hydrogen) atoms. The maximum absolute atomic E-state index is 12.9. The first kappa shape index (κ1) is 11.1. The van der Waals surface area contributed by atoms with Gasteiger partial charge in [-0.3, -0.25) is 0 Å². The molecular weight excluding hydrogens is 181 g/mol. The molecule has 0 amide bonds. The van der Waals surface area contributed by atoms with E-state index < -0.39 is 0 Å². The van der Waals surface area contributed by atoms with Gasteiger partial charge in [-0.25, -0.2) is 4.39 Å². The van der Waals surface area contributed by atoms with Crippen LogP contribution in [0.4, 0.5) is 4.39 Å². The van der Waals surface area contributed by atoms with E-state index in [1.54, 1.807) is 13.2 Å². The molecule has 1 atom stereocenters. The van der Waals surface area contributed by atoms with Gasteiger partial charge in [-0.15, -0.1) is 0 Å². The van der Waals surface area contributed by atoms with Crippen molar-refractivity contribution in [1.82, 2.24) is 0 Å². The molecule has 0 fully saturated rings. The summed E-state index contributed by atoms with van der Waals surface area (Å²) in [5.74, 6) is -0.231. The van der Waals surface area contributed by atoms with Gasteiger partial charge in [-0.2, -0.15) is 0 Å². The number of methoxy groups -OCH3 is 1. The Morgan fingerprint density at radius 2 is 2.14 bits per heavy atom. The second-order valence-electron chi connectivity index (χ2n) is 3.53. The molecule has 0 aromatic heterocycles. The summed E-state index contributed by atoms with van der Waals surface area (Å²) in [7, 11) is 1.60. The van der Waals surface area contributed by atoms with Gasteiger partial charge in [0, 0.05) is 13.2 Å². The Labute approximate surface area is 83.9 Å². The lowest BCUT2D eigenvalue weighted by molar-refractivity contribution is 0.183. The van der Waals surface area contributed by atoms with E-state index in [1.165, 1.54) is 12.1 Å². The molecule has 2 N–H and O–H groups in total. The smallest absolute Gasteiger partial charge is 0.123 e. The largest absolute Gasteiger partial charge is 0.380 e. The SMILES string of the molecule is COCc1cc(F)ccc1CC(C)N. The van der Waals surface area contributed by atoms with Crippen molar-refractivity contribution in [3.63, 3.8) is 0 Å². The van der Waals surface area contributed by atoms with Gasteiger partial charge in [-0.05, 0) is 36.6 Å². The average Bonchev–Trinajstić information content (AvgIpc) is 2.09. The molecule has 0 saturated carbocycles. The summed E-state index contributed by atoms with van der Waals surface area (Å²) >= 11 is 0. The topological polar surface area (TPSA) is 35.2 Å². The summed E-state index contributed by atoms with van der Waals surface area (Å²) < 4.78 is 17.9. The van der Waals surface area contributed by atoms with Crippen molar-refractivity contribution in [2.45, 2.75) is 26.0 Å². The molecule has 0 bridgehead atoms. The van der Waals surface area contributed by atoms with E-state index in [0.29, 0.717) is 6.61 Å². The molecule has 0 saturated heterocycles. The number of rotatable bonds is 4. The fraction of sp³-hybridized carbons (Fsp3) is 0.455. The lowest BCUT2D eigenvalue weighted by atomic mass is 10.0. The van der Waals surface area contributed by atoms with E-state index in [1.807, 2.05) is 6.92 Å². The second-order valence-corrected chi connectivity index (χ2v) is 3.53. The van der Waals surface area contributed by atoms with E-state index >= 15 is 0 Å². The van der Waals surface area contributed by atoms with Crippen LogP contribution in [0.15, 0.2) is 18.2 Å². The van der Waals surface area contributed by atoms with Gasteiger partial charge in [-0.1, -0.05) is 6.07 Å². The molecule has 3 heteroatoms. The van der Waals surface area contributed by atoms with Crippen LogP contribution < -0.4 is 5.73 Å². The van der Waals surface area contributed by atoms with Crippen molar-refractivity contribution >= 4 is 0 Å². The minimum absolute atomic E-state index is 0.0797. The molecule has 0 aliphatic rings. The van der Waals surface area contributed by atoms with Crippen molar-refractivity contribution in [2.24, 2.45) is 5.73 Å². The fourth-order valence-corrected chi connectivity index (χ4v) is 1.43. The zero-order valence-electron chi connectivity index (χ0n) is 8.59. The van der Waals surface area contributed by atoms with E-state index in [4.69, 9.17) is 10.5 Å². The monoisotopic (exact) mass is 197 g/mol. The summed E-state index contributed by atoms with van der Waals surface area (Å²) in [5.41, 5.74) is 7.63. The lowest BCUT2D eigenvalue weighted by Gasteiger charge is -2.11. The maximum atomic E-state index is 12.9. The summed E-state index contributed by atoms with van der Waals surface area (Å²) in [4.78, 5) is 0. The Hall–Kier alpha value is -0.930. The molecule has 78 valence electrons. The number of ether oxygens (including phenoxy) is 1. The zero-order chi connectivity index (χ0) is 10.6. The first-order valence-corrected chi connectivity index (χ1v) is 4.65. The van der Waals surface area contributed by atoms with Crippen molar-refractivity contribution < 1.29 is 9.13 Å². The molecule has 0 radical (unpaired) electrons. The fourth-order valence-electron chi connectivity index (χ4n) is 1.43. The number of hydrogen-bond acceptors (Lipinski definition) is 2. The predicted octanol–water partition coefficient (Wildman–Crippen LogP) is 1.86. The molecule has 1 rings (SSSR count). The predicted molar refractivity (Wildman–Crippen MR) is 54.5 cm³/mol. The highest BCUT2D eigenvalue weighted by Gasteiger charge is 2.05. The summed E-state index contributed by atoms with van der Waals surface area (Å²) in [6.45, 7) is 2.36. The van der Waals surface area contributed by atoms with Crippen LogP contribution in [-0.4, -0.2) is 13.2 Å². The molecule has 1 unspecified atom stereocenters. The van der Waals surface area contributed by atoms with Crippen LogP contribution in [0.2, 0.25) is 0 Å². The molecule has 2 nitrogen and oxygen atoms in total. The molecular formula is C11H16FNO. The van der Waals surface area contributed by atoms with Gasteiger partial charge in [0.25, 0.3) is 0 Å². The van der Waals surface area contributed by atoms with Gasteiger partial charge in [0.05, 0.1) is 6.61 Å². The third kappa shape index (κ3) is 3.09. The minimum Gasteiger partial charge on any atom is -0.380 e. The minimum atomic E-state index is -0.231. The summed E-state index contributed by atoms with van der Waals surface area (Å²) in [5, 5.41) is 0. The highest BCUT2D eigenvalue weighted by atomic mass is 19.1. The normalized spacial score (nSPS) is 12.9. The van der Waals surface area contributed by atoms with E-state index in [2.05, 4.69) is 0 Å². The van der Waals surface area contributed by atoms with Crippen LogP contribution in [0.3, 0.4) is 0 Å². The van der Waals surface area contributed by atoms with E-state index in [-0.39, 0.29) is 11.9 Å². The van der Waals surface area contributed by atoms with Crippen molar-refractivity contribution in [3.05, 3.63) is 35.1 Å². The highest BCUT2D eigenvalue weighted by molar-refractivity contribution is 5.28. The van der Waals surface area contributed by atoms with Crippen molar-refractivity contribution in [3.8, 4) is 0 Å². The van der Waals surface area contributed by atoms with Crippen molar-refractivity contribution in [2.75, 3.05) is 7.11 Å². The molecule has 1 aromatic rings. The van der Waals surface area contributed by atoms with Gasteiger partial charge in [0.2, 0.25) is 0 Å². The van der Waals surface area contributed by atoms with Crippen LogP contribution in [0.1, 0.15) is 18.1 Å². The number of hydrogen-bond donors (Lipinski definition) is 1. The van der Waals surface area contributed by atoms with Gasteiger partial charge < -0.3 is 10.5 Å². The van der Waals surface area contributed by atoms with E-state index in [9.17, 15) is 4.39 Å². The van der Waals surface area contributed by atoms with Crippen LogP contribution in [0.25, 0.3) is 0 Å². The van der Waals surface area contributed by atoms with Crippen LogP contribution >= 0.6 is 0 Å². The van der Waals surface area contributed by atoms with Crippen molar-refractivity contribution in [1.29, 1.82) is 0 Å². The first-order chi connectivity index (χ1) is 6.63. The number of benzene rings is 1. The van der Waals surface area contributed by atoms with Gasteiger partial charge in [0.15, 0.2) is 0 Å². The zero-order valence-corrected chi connectivity index (χ0v) is 8.59. The standard InChI is InChI=1S/C11H16FNO/c1-8(13)5-9-3-4-11(12)6-10(9)7-14-2/h3-4,6,8H,5,7,13H2,1-2H3. The Bertz CT molecular complexity index is 299. The van der Waals surface area contributed by atoms with Gasteiger partial charge in [0.1, 0.15) is 5.82 Å². The molecule has 0 aliphatic carbocycles. The molecule has 0 heterocycles. The summed E-state index contributed by atoms with van der Waals surface area (Å²) in [6, 6.07) is 4.81. The molecule has 0 aliphatic heterocycles. The molecule has 0 spiro atoms. The average molecular weight is 197 g/mol. The first-order valence-electron chi connectivity index (χ1n) is 4.65. The Morgan fingerprint density at radius 3 is 2.71 bits per heavy atom.